The number of hydrogen-bond acceptors (Lipinski definition) is 3. The third-order valence-electron chi connectivity index (χ3n) is 3.26. The minimum Gasteiger partial charge on any atom is -0.392 e. The molecule has 0 spiro atoms. The van der Waals surface area contributed by atoms with E-state index >= 15 is 0 Å². The van der Waals surface area contributed by atoms with Crippen LogP contribution in [0.1, 0.15) is 30.5 Å². The molecule has 3 nitrogen and oxygen atoms in total. The topological polar surface area (TPSA) is 47.3 Å². The number of likely N-dealkylation sites (tertiary alicyclic amines) is 1. The summed E-state index contributed by atoms with van der Waals surface area (Å²) in [5, 5.41) is 18.2. The average molecular weight is 216 g/mol. The van der Waals surface area contributed by atoms with Crippen LogP contribution in [0.2, 0.25) is 0 Å². The molecule has 2 rings (SSSR count). The number of aliphatic hydroxyl groups is 1. The van der Waals surface area contributed by atoms with Gasteiger partial charge in [0.15, 0.2) is 0 Å². The fraction of sp³-hybridized carbons (Fsp3) is 0.462. The standard InChI is InChI=1S/C13H16N2O/c1-10(15-7-6-13(16)9-15)12-4-2-11(8-14)3-5-12/h2-5,10,13,16H,6-7,9H2,1H3/t10?,13-/m1/s1. The smallest absolute Gasteiger partial charge is 0.0991 e. The molecule has 16 heavy (non-hydrogen) atoms. The number of nitriles is 1. The van der Waals surface area contributed by atoms with E-state index < -0.39 is 0 Å². The highest BCUT2D eigenvalue weighted by Crippen LogP contribution is 2.24. The van der Waals surface area contributed by atoms with Gasteiger partial charge in [-0.3, -0.25) is 4.90 Å². The lowest BCUT2D eigenvalue weighted by atomic mass is 10.1. The third kappa shape index (κ3) is 2.24. The zero-order valence-corrected chi connectivity index (χ0v) is 9.43. The summed E-state index contributed by atoms with van der Waals surface area (Å²) in [6.45, 7) is 3.84. The average Bonchev–Trinajstić information content (AvgIpc) is 2.75. The molecular weight excluding hydrogens is 200 g/mol. The van der Waals surface area contributed by atoms with Crippen molar-refractivity contribution >= 4 is 0 Å². The molecule has 1 aliphatic rings. The molecular formula is C13H16N2O. The second-order valence-corrected chi connectivity index (χ2v) is 4.35. The van der Waals surface area contributed by atoms with Crippen LogP contribution in [0.3, 0.4) is 0 Å². The fourth-order valence-electron chi connectivity index (χ4n) is 2.17. The summed E-state index contributed by atoms with van der Waals surface area (Å²) < 4.78 is 0. The molecule has 84 valence electrons. The van der Waals surface area contributed by atoms with Crippen LogP contribution in [0.25, 0.3) is 0 Å². The summed E-state index contributed by atoms with van der Waals surface area (Å²) in [6, 6.07) is 10.1. The summed E-state index contributed by atoms with van der Waals surface area (Å²) >= 11 is 0. The number of rotatable bonds is 2. The number of benzene rings is 1. The Labute approximate surface area is 95.9 Å². The van der Waals surface area contributed by atoms with E-state index in [4.69, 9.17) is 5.26 Å². The molecule has 0 aliphatic carbocycles. The van der Waals surface area contributed by atoms with Crippen LogP contribution >= 0.6 is 0 Å². The molecule has 0 amide bonds. The molecule has 3 heteroatoms. The molecule has 1 aliphatic heterocycles. The maximum absolute atomic E-state index is 9.49. The van der Waals surface area contributed by atoms with Crippen LogP contribution < -0.4 is 0 Å². The van der Waals surface area contributed by atoms with Crippen LogP contribution in [-0.2, 0) is 0 Å². The zero-order chi connectivity index (χ0) is 11.5. The molecule has 1 N–H and O–H groups in total. The Hall–Kier alpha value is -1.37. The lowest BCUT2D eigenvalue weighted by molar-refractivity contribution is 0.163. The van der Waals surface area contributed by atoms with Crippen molar-refractivity contribution in [2.75, 3.05) is 13.1 Å². The van der Waals surface area contributed by atoms with Crippen LogP contribution in [0.5, 0.6) is 0 Å². The van der Waals surface area contributed by atoms with Crippen molar-refractivity contribution in [2.45, 2.75) is 25.5 Å². The summed E-state index contributed by atoms with van der Waals surface area (Å²) in [5.74, 6) is 0. The molecule has 0 aromatic heterocycles. The van der Waals surface area contributed by atoms with Gasteiger partial charge in [0.2, 0.25) is 0 Å². The Morgan fingerprint density at radius 1 is 1.44 bits per heavy atom. The summed E-state index contributed by atoms with van der Waals surface area (Å²) in [7, 11) is 0. The van der Waals surface area contributed by atoms with E-state index in [9.17, 15) is 5.11 Å². The van der Waals surface area contributed by atoms with E-state index in [1.165, 1.54) is 5.56 Å². The molecule has 2 atom stereocenters. The van der Waals surface area contributed by atoms with E-state index in [0.717, 1.165) is 19.5 Å². The van der Waals surface area contributed by atoms with Crippen LogP contribution in [0, 0.1) is 11.3 Å². The van der Waals surface area contributed by atoms with Gasteiger partial charge in [-0.15, -0.1) is 0 Å². The summed E-state index contributed by atoms with van der Waals surface area (Å²) in [6.07, 6.45) is 0.682. The van der Waals surface area contributed by atoms with Crippen molar-refractivity contribution in [3.05, 3.63) is 35.4 Å². The van der Waals surface area contributed by atoms with Crippen LogP contribution in [0.4, 0.5) is 0 Å². The van der Waals surface area contributed by atoms with Crippen molar-refractivity contribution in [1.82, 2.24) is 4.90 Å². The molecule has 1 aromatic rings. The maximum atomic E-state index is 9.49. The molecule has 1 fully saturated rings. The van der Waals surface area contributed by atoms with Crippen molar-refractivity contribution in [2.24, 2.45) is 0 Å². The predicted octanol–water partition coefficient (Wildman–Crippen LogP) is 1.69. The fourth-order valence-corrected chi connectivity index (χ4v) is 2.17. The minimum absolute atomic E-state index is 0.180. The zero-order valence-electron chi connectivity index (χ0n) is 9.43. The number of aliphatic hydroxyl groups excluding tert-OH is 1. The molecule has 0 saturated carbocycles. The predicted molar refractivity (Wildman–Crippen MR) is 61.8 cm³/mol. The van der Waals surface area contributed by atoms with E-state index in [1.54, 1.807) is 0 Å². The number of β-amino-alcohol motifs (C(OH)–C–C–N with tert-alkyl or cyclic N) is 1. The Morgan fingerprint density at radius 2 is 2.12 bits per heavy atom. The first-order chi connectivity index (χ1) is 7.70. The Kier molecular flexibility index (Phi) is 3.23. The molecule has 1 saturated heterocycles. The Morgan fingerprint density at radius 3 is 2.62 bits per heavy atom. The quantitative estimate of drug-likeness (QED) is 0.818. The van der Waals surface area contributed by atoms with Gasteiger partial charge in [-0.2, -0.15) is 5.26 Å². The van der Waals surface area contributed by atoms with Crippen molar-refractivity contribution in [1.29, 1.82) is 5.26 Å². The normalized spacial score (nSPS) is 22.9. The first-order valence-electron chi connectivity index (χ1n) is 5.63. The molecule has 1 unspecified atom stereocenters. The van der Waals surface area contributed by atoms with Gasteiger partial charge < -0.3 is 5.11 Å². The van der Waals surface area contributed by atoms with Crippen molar-refractivity contribution < 1.29 is 5.11 Å². The molecule has 1 aromatic carbocycles. The third-order valence-corrected chi connectivity index (χ3v) is 3.26. The Balaban J connectivity index is 2.09. The SMILES string of the molecule is CC(c1ccc(C#N)cc1)N1CC[C@@H](O)C1. The molecule has 0 bridgehead atoms. The number of nitrogens with zero attached hydrogens (tertiary/aromatic N) is 2. The molecule has 1 heterocycles. The van der Waals surface area contributed by atoms with Crippen LogP contribution in [0.15, 0.2) is 24.3 Å². The highest BCUT2D eigenvalue weighted by atomic mass is 16.3. The van der Waals surface area contributed by atoms with Crippen molar-refractivity contribution in [3.63, 3.8) is 0 Å². The Bertz CT molecular complexity index is 393. The van der Waals surface area contributed by atoms with Gasteiger partial charge in [-0.05, 0) is 31.0 Å². The van der Waals surface area contributed by atoms with E-state index in [1.807, 2.05) is 24.3 Å². The van der Waals surface area contributed by atoms with E-state index in [-0.39, 0.29) is 6.10 Å². The monoisotopic (exact) mass is 216 g/mol. The van der Waals surface area contributed by atoms with Gasteiger partial charge in [0.05, 0.1) is 17.7 Å². The van der Waals surface area contributed by atoms with E-state index in [2.05, 4.69) is 17.9 Å². The summed E-state index contributed by atoms with van der Waals surface area (Å²) in [4.78, 5) is 2.27. The lowest BCUT2D eigenvalue weighted by Gasteiger charge is -2.24. The van der Waals surface area contributed by atoms with Gasteiger partial charge in [0, 0.05) is 19.1 Å². The van der Waals surface area contributed by atoms with Crippen LogP contribution in [-0.4, -0.2) is 29.2 Å². The largest absolute Gasteiger partial charge is 0.392 e. The van der Waals surface area contributed by atoms with Gasteiger partial charge in [-0.1, -0.05) is 12.1 Å². The maximum Gasteiger partial charge on any atom is 0.0991 e. The highest BCUT2D eigenvalue weighted by molar-refractivity contribution is 5.32. The van der Waals surface area contributed by atoms with Gasteiger partial charge in [0.1, 0.15) is 0 Å². The minimum atomic E-state index is -0.180. The van der Waals surface area contributed by atoms with Crippen molar-refractivity contribution in [3.8, 4) is 6.07 Å². The molecule has 0 radical (unpaired) electrons. The van der Waals surface area contributed by atoms with Gasteiger partial charge >= 0.3 is 0 Å². The van der Waals surface area contributed by atoms with E-state index in [0.29, 0.717) is 11.6 Å². The highest BCUT2D eigenvalue weighted by Gasteiger charge is 2.24. The van der Waals surface area contributed by atoms with Gasteiger partial charge in [-0.25, -0.2) is 0 Å². The lowest BCUT2D eigenvalue weighted by Crippen LogP contribution is -2.25. The first-order valence-corrected chi connectivity index (χ1v) is 5.63. The first kappa shape index (κ1) is 11.1. The number of hydrogen-bond donors (Lipinski definition) is 1. The second kappa shape index (κ2) is 4.65. The summed E-state index contributed by atoms with van der Waals surface area (Å²) in [5.41, 5.74) is 1.89. The second-order valence-electron chi connectivity index (χ2n) is 4.35. The van der Waals surface area contributed by atoms with Gasteiger partial charge in [0.25, 0.3) is 0 Å².